The zero-order valence-corrected chi connectivity index (χ0v) is 19.1. The van der Waals surface area contributed by atoms with Crippen molar-refractivity contribution in [2.45, 2.75) is 6.42 Å². The maximum atomic E-state index is 12.9. The lowest BCUT2D eigenvalue weighted by atomic mass is 10.1. The molecule has 0 saturated heterocycles. The first-order valence-electron chi connectivity index (χ1n) is 10.6. The molecule has 1 amide bonds. The van der Waals surface area contributed by atoms with Gasteiger partial charge in [-0.2, -0.15) is 5.10 Å². The van der Waals surface area contributed by atoms with Crippen molar-refractivity contribution in [2.24, 2.45) is 0 Å². The number of benzene rings is 2. The smallest absolute Gasteiger partial charge is 0.228 e. The van der Waals surface area contributed by atoms with Crippen molar-refractivity contribution in [3.63, 3.8) is 0 Å². The van der Waals surface area contributed by atoms with Gasteiger partial charge in [-0.05, 0) is 47.3 Å². The number of ether oxygens (including phenoxy) is 1. The second-order valence-corrected chi connectivity index (χ2v) is 8.53. The zero-order chi connectivity index (χ0) is 23.5. The summed E-state index contributed by atoms with van der Waals surface area (Å²) in [6.45, 7) is 0. The van der Waals surface area contributed by atoms with Crippen LogP contribution in [0.3, 0.4) is 0 Å². The Labute approximate surface area is 199 Å². The largest absolute Gasteiger partial charge is 0.497 e. The van der Waals surface area contributed by atoms with Crippen molar-refractivity contribution in [1.82, 2.24) is 14.6 Å². The van der Waals surface area contributed by atoms with E-state index in [1.165, 1.54) is 11.3 Å². The van der Waals surface area contributed by atoms with E-state index in [1.54, 1.807) is 30.1 Å². The van der Waals surface area contributed by atoms with Crippen LogP contribution in [-0.2, 0) is 11.2 Å². The number of carbonyl (C=O) groups excluding carboxylic acids is 2. The summed E-state index contributed by atoms with van der Waals surface area (Å²) in [5.74, 6) is 0.527. The van der Waals surface area contributed by atoms with Crippen LogP contribution in [0.2, 0.25) is 0 Å². The third-order valence-corrected chi connectivity index (χ3v) is 6.23. The van der Waals surface area contributed by atoms with Crippen LogP contribution in [0.15, 0.2) is 84.5 Å². The Bertz CT molecular complexity index is 1470. The van der Waals surface area contributed by atoms with Gasteiger partial charge in [0, 0.05) is 17.4 Å². The molecule has 1 N–H and O–H groups in total. The molecule has 0 fully saturated rings. The maximum absolute atomic E-state index is 12.9. The van der Waals surface area contributed by atoms with E-state index >= 15 is 0 Å². The molecular formula is C26H20N4O3S. The quantitative estimate of drug-likeness (QED) is 0.344. The van der Waals surface area contributed by atoms with Crippen molar-refractivity contribution in [3.05, 3.63) is 101 Å². The van der Waals surface area contributed by atoms with Crippen LogP contribution < -0.4 is 10.1 Å². The van der Waals surface area contributed by atoms with E-state index in [1.807, 2.05) is 66.0 Å². The summed E-state index contributed by atoms with van der Waals surface area (Å²) in [5.41, 5.74) is 4.11. The average molecular weight is 469 g/mol. The molecular weight excluding hydrogens is 448 g/mol. The van der Waals surface area contributed by atoms with E-state index in [9.17, 15) is 9.59 Å². The van der Waals surface area contributed by atoms with E-state index < -0.39 is 0 Å². The lowest BCUT2D eigenvalue weighted by molar-refractivity contribution is -0.115. The Morgan fingerprint density at radius 3 is 2.68 bits per heavy atom. The highest BCUT2D eigenvalue weighted by Crippen LogP contribution is 2.25. The highest BCUT2D eigenvalue weighted by atomic mass is 32.1. The SMILES string of the molecule is COc1ccc(CC(=O)Nc2cccc(-c3ccnc4c(C(=O)c5cccs5)cnn34)c2)cc1. The van der Waals surface area contributed by atoms with E-state index in [2.05, 4.69) is 15.4 Å². The molecule has 0 spiro atoms. The van der Waals surface area contributed by atoms with Crippen molar-refractivity contribution in [2.75, 3.05) is 12.4 Å². The number of ketones is 1. The number of rotatable bonds is 7. The van der Waals surface area contributed by atoms with Gasteiger partial charge in [0.25, 0.3) is 0 Å². The fourth-order valence-corrected chi connectivity index (χ4v) is 4.38. The van der Waals surface area contributed by atoms with Gasteiger partial charge in [-0.15, -0.1) is 11.3 Å². The molecule has 3 aromatic heterocycles. The number of hydrogen-bond acceptors (Lipinski definition) is 6. The van der Waals surface area contributed by atoms with Gasteiger partial charge in [-0.3, -0.25) is 9.59 Å². The fourth-order valence-electron chi connectivity index (χ4n) is 3.70. The van der Waals surface area contributed by atoms with Crippen molar-refractivity contribution in [3.8, 4) is 17.0 Å². The number of fused-ring (bicyclic) bond motifs is 1. The Kier molecular flexibility index (Phi) is 5.88. The van der Waals surface area contributed by atoms with Gasteiger partial charge in [0.15, 0.2) is 5.65 Å². The van der Waals surface area contributed by atoms with Gasteiger partial charge in [0.2, 0.25) is 11.7 Å². The molecule has 0 bridgehead atoms. The highest BCUT2D eigenvalue weighted by Gasteiger charge is 2.18. The number of nitrogens with one attached hydrogen (secondary N) is 1. The van der Waals surface area contributed by atoms with Gasteiger partial charge in [-0.25, -0.2) is 9.50 Å². The molecule has 168 valence electrons. The molecule has 34 heavy (non-hydrogen) atoms. The maximum Gasteiger partial charge on any atom is 0.228 e. The van der Waals surface area contributed by atoms with Gasteiger partial charge >= 0.3 is 0 Å². The third kappa shape index (κ3) is 4.31. The molecule has 0 aliphatic rings. The van der Waals surface area contributed by atoms with Gasteiger partial charge in [-0.1, -0.05) is 30.3 Å². The summed E-state index contributed by atoms with van der Waals surface area (Å²) >= 11 is 1.39. The standard InChI is InChI=1S/C26H20N4O3S/c1-33-20-9-7-17(8-10-20)14-24(31)29-19-5-2-4-18(15-19)22-11-12-27-26-21(16-28-30(22)26)25(32)23-6-3-13-34-23/h2-13,15-16H,14H2,1H3,(H,29,31). The molecule has 7 nitrogen and oxygen atoms in total. The summed E-state index contributed by atoms with van der Waals surface area (Å²) in [5, 5.41) is 9.25. The summed E-state index contributed by atoms with van der Waals surface area (Å²) in [4.78, 5) is 30.5. The van der Waals surface area contributed by atoms with Gasteiger partial charge < -0.3 is 10.1 Å². The Morgan fingerprint density at radius 2 is 1.91 bits per heavy atom. The van der Waals surface area contributed by atoms with Gasteiger partial charge in [0.05, 0.1) is 35.9 Å². The molecule has 0 aliphatic heterocycles. The topological polar surface area (TPSA) is 85.6 Å². The average Bonchev–Trinajstić information content (AvgIpc) is 3.55. The van der Waals surface area contributed by atoms with E-state index in [0.29, 0.717) is 21.8 Å². The van der Waals surface area contributed by atoms with Crippen LogP contribution in [0.1, 0.15) is 20.8 Å². The zero-order valence-electron chi connectivity index (χ0n) is 18.3. The number of amides is 1. The number of hydrogen-bond donors (Lipinski definition) is 1. The molecule has 0 radical (unpaired) electrons. The van der Waals surface area contributed by atoms with Crippen molar-refractivity contribution in [1.29, 1.82) is 0 Å². The van der Waals surface area contributed by atoms with Crippen LogP contribution in [-0.4, -0.2) is 33.4 Å². The molecule has 5 rings (SSSR count). The molecule has 3 heterocycles. The first kappa shape index (κ1) is 21.5. The molecule has 5 aromatic rings. The second kappa shape index (κ2) is 9.29. The summed E-state index contributed by atoms with van der Waals surface area (Å²) in [7, 11) is 1.61. The predicted octanol–water partition coefficient (Wildman–Crippen LogP) is 4.88. The Morgan fingerprint density at radius 1 is 1.06 bits per heavy atom. The Balaban J connectivity index is 1.39. The molecule has 8 heteroatoms. The first-order chi connectivity index (χ1) is 16.6. The lowest BCUT2D eigenvalue weighted by Crippen LogP contribution is -2.14. The van der Waals surface area contributed by atoms with Crippen molar-refractivity contribution < 1.29 is 14.3 Å². The van der Waals surface area contributed by atoms with E-state index in [-0.39, 0.29) is 18.1 Å². The molecule has 0 saturated carbocycles. The van der Waals surface area contributed by atoms with Crippen LogP contribution in [0.4, 0.5) is 5.69 Å². The fraction of sp³-hybridized carbons (Fsp3) is 0.0769. The minimum Gasteiger partial charge on any atom is -0.497 e. The lowest BCUT2D eigenvalue weighted by Gasteiger charge is -2.09. The Hall–Kier alpha value is -4.30. The second-order valence-electron chi connectivity index (χ2n) is 7.58. The molecule has 2 aromatic carbocycles. The number of anilines is 1. The number of thiophene rings is 1. The van der Waals surface area contributed by atoms with Crippen LogP contribution >= 0.6 is 11.3 Å². The monoisotopic (exact) mass is 468 g/mol. The first-order valence-corrected chi connectivity index (χ1v) is 11.4. The summed E-state index contributed by atoms with van der Waals surface area (Å²) < 4.78 is 6.81. The molecule has 0 atom stereocenters. The summed E-state index contributed by atoms with van der Waals surface area (Å²) in [6, 6.07) is 20.4. The highest BCUT2D eigenvalue weighted by molar-refractivity contribution is 7.12. The van der Waals surface area contributed by atoms with Crippen LogP contribution in [0, 0.1) is 0 Å². The number of nitrogens with zero attached hydrogens (tertiary/aromatic N) is 3. The summed E-state index contributed by atoms with van der Waals surface area (Å²) in [6.07, 6.45) is 3.46. The number of carbonyl (C=O) groups is 2. The number of methoxy groups -OCH3 is 1. The predicted molar refractivity (Wildman–Crippen MR) is 132 cm³/mol. The minimum atomic E-state index is -0.120. The van der Waals surface area contributed by atoms with Gasteiger partial charge in [0.1, 0.15) is 5.75 Å². The molecule has 0 unspecified atom stereocenters. The van der Waals surface area contributed by atoms with Crippen LogP contribution in [0.25, 0.3) is 16.9 Å². The number of aromatic nitrogens is 3. The van der Waals surface area contributed by atoms with E-state index in [4.69, 9.17) is 4.74 Å². The molecule has 0 aliphatic carbocycles. The normalized spacial score (nSPS) is 10.9. The van der Waals surface area contributed by atoms with Crippen molar-refractivity contribution >= 4 is 34.4 Å². The van der Waals surface area contributed by atoms with Crippen LogP contribution in [0.5, 0.6) is 5.75 Å². The third-order valence-electron chi connectivity index (χ3n) is 5.36. The minimum absolute atomic E-state index is 0.103. The van der Waals surface area contributed by atoms with E-state index in [0.717, 1.165) is 22.6 Å².